The molecule has 1 saturated carbocycles. The molecule has 2 aromatic rings. The third kappa shape index (κ3) is 3.09. The number of alkyl halides is 3. The standard InChI is InChI=1S/C19H16F3NO3/c20-19(21,22)15-6-2-1-4-12(15)10-23(13-8-9-13)18(24)14-5-3-7-16-17(14)26-11-25-16/h1-7,13H,8-11H2. The number of nitrogens with zero attached hydrogens (tertiary/aromatic N) is 1. The van der Waals surface area contributed by atoms with Gasteiger partial charge in [-0.15, -0.1) is 0 Å². The fourth-order valence-electron chi connectivity index (χ4n) is 3.12. The molecule has 0 N–H and O–H groups in total. The number of carbonyl (C=O) groups excluding carboxylic acids is 1. The average Bonchev–Trinajstić information content (AvgIpc) is 3.34. The van der Waals surface area contributed by atoms with Crippen molar-refractivity contribution in [3.63, 3.8) is 0 Å². The third-order valence-corrected chi connectivity index (χ3v) is 4.54. The molecule has 4 rings (SSSR count). The summed E-state index contributed by atoms with van der Waals surface area (Å²) in [6.45, 7) is -0.0658. The Morgan fingerprint density at radius 1 is 1.08 bits per heavy atom. The van der Waals surface area contributed by atoms with Gasteiger partial charge in [0.1, 0.15) is 0 Å². The number of benzene rings is 2. The van der Waals surface area contributed by atoms with Crippen LogP contribution < -0.4 is 9.47 Å². The predicted octanol–water partition coefficient (Wildman–Crippen LogP) is 4.24. The molecule has 26 heavy (non-hydrogen) atoms. The zero-order valence-corrected chi connectivity index (χ0v) is 13.8. The quantitative estimate of drug-likeness (QED) is 0.816. The Hall–Kier alpha value is -2.70. The van der Waals surface area contributed by atoms with Crippen molar-refractivity contribution in [3.8, 4) is 11.5 Å². The Morgan fingerprint density at radius 3 is 2.58 bits per heavy atom. The summed E-state index contributed by atoms with van der Waals surface area (Å²) in [5.41, 5.74) is -0.308. The molecule has 0 bridgehead atoms. The Balaban J connectivity index is 1.66. The molecule has 4 nitrogen and oxygen atoms in total. The van der Waals surface area contributed by atoms with Crippen LogP contribution >= 0.6 is 0 Å². The second-order valence-electron chi connectivity index (χ2n) is 6.36. The van der Waals surface area contributed by atoms with Crippen molar-refractivity contribution in [2.75, 3.05) is 6.79 Å². The Morgan fingerprint density at radius 2 is 1.85 bits per heavy atom. The van der Waals surface area contributed by atoms with Crippen molar-refractivity contribution in [1.29, 1.82) is 0 Å². The van der Waals surface area contributed by atoms with E-state index < -0.39 is 11.7 Å². The van der Waals surface area contributed by atoms with Gasteiger partial charge in [-0.25, -0.2) is 0 Å². The van der Waals surface area contributed by atoms with Gasteiger partial charge in [0.05, 0.1) is 11.1 Å². The largest absolute Gasteiger partial charge is 0.454 e. The maximum atomic E-state index is 13.3. The lowest BCUT2D eigenvalue weighted by molar-refractivity contribution is -0.138. The van der Waals surface area contributed by atoms with Gasteiger partial charge < -0.3 is 14.4 Å². The highest BCUT2D eigenvalue weighted by atomic mass is 19.4. The van der Waals surface area contributed by atoms with Gasteiger partial charge in [0.25, 0.3) is 5.91 Å². The van der Waals surface area contributed by atoms with Crippen molar-refractivity contribution < 1.29 is 27.4 Å². The van der Waals surface area contributed by atoms with E-state index in [-0.39, 0.29) is 30.9 Å². The number of para-hydroxylation sites is 1. The van der Waals surface area contributed by atoms with Gasteiger partial charge >= 0.3 is 6.18 Å². The number of rotatable bonds is 4. The van der Waals surface area contributed by atoms with E-state index in [2.05, 4.69) is 0 Å². The van der Waals surface area contributed by atoms with Crippen LogP contribution in [-0.4, -0.2) is 23.6 Å². The molecule has 1 aliphatic heterocycles. The first kappa shape index (κ1) is 16.8. The van der Waals surface area contributed by atoms with Crippen LogP contribution in [0.25, 0.3) is 0 Å². The second kappa shape index (κ2) is 6.23. The zero-order valence-electron chi connectivity index (χ0n) is 13.8. The maximum Gasteiger partial charge on any atom is 0.416 e. The third-order valence-electron chi connectivity index (χ3n) is 4.54. The summed E-state index contributed by atoms with van der Waals surface area (Å²) >= 11 is 0. The highest BCUT2D eigenvalue weighted by Gasteiger charge is 2.38. The molecule has 0 spiro atoms. The fraction of sp³-hybridized carbons (Fsp3) is 0.316. The maximum absolute atomic E-state index is 13.3. The van der Waals surface area contributed by atoms with Crippen LogP contribution in [-0.2, 0) is 12.7 Å². The number of amides is 1. The molecule has 7 heteroatoms. The van der Waals surface area contributed by atoms with Crippen LogP contribution in [0, 0.1) is 0 Å². The molecule has 2 aromatic carbocycles. The van der Waals surface area contributed by atoms with Crippen LogP contribution in [0.4, 0.5) is 13.2 Å². The summed E-state index contributed by atoms with van der Waals surface area (Å²) in [6, 6.07) is 10.3. The molecule has 0 atom stereocenters. The monoisotopic (exact) mass is 363 g/mol. The Bertz CT molecular complexity index is 846. The number of carbonyl (C=O) groups is 1. The SMILES string of the molecule is O=C(c1cccc2c1OCO2)N(Cc1ccccc1C(F)(F)F)C1CC1. The van der Waals surface area contributed by atoms with E-state index in [0.717, 1.165) is 18.9 Å². The summed E-state index contributed by atoms with van der Waals surface area (Å²) in [6.07, 6.45) is -2.89. The zero-order chi connectivity index (χ0) is 18.3. The molecule has 1 aliphatic carbocycles. The number of ether oxygens (including phenoxy) is 2. The van der Waals surface area contributed by atoms with Crippen LogP contribution in [0.5, 0.6) is 11.5 Å². The Labute approximate surface area is 148 Å². The lowest BCUT2D eigenvalue weighted by Gasteiger charge is -2.25. The van der Waals surface area contributed by atoms with Gasteiger partial charge in [-0.1, -0.05) is 24.3 Å². The smallest absolute Gasteiger partial charge is 0.416 e. The van der Waals surface area contributed by atoms with Gasteiger partial charge in [-0.05, 0) is 36.6 Å². The highest BCUT2D eigenvalue weighted by Crippen LogP contribution is 2.39. The summed E-state index contributed by atoms with van der Waals surface area (Å²) in [5.74, 6) is 0.487. The van der Waals surface area contributed by atoms with E-state index in [0.29, 0.717) is 17.1 Å². The molecule has 1 amide bonds. The van der Waals surface area contributed by atoms with Crippen molar-refractivity contribution in [2.45, 2.75) is 31.6 Å². The van der Waals surface area contributed by atoms with E-state index >= 15 is 0 Å². The van der Waals surface area contributed by atoms with E-state index in [9.17, 15) is 18.0 Å². The lowest BCUT2D eigenvalue weighted by atomic mass is 10.1. The van der Waals surface area contributed by atoms with Crippen molar-refractivity contribution in [1.82, 2.24) is 4.90 Å². The minimum Gasteiger partial charge on any atom is -0.454 e. The second-order valence-corrected chi connectivity index (χ2v) is 6.36. The topological polar surface area (TPSA) is 38.8 Å². The predicted molar refractivity (Wildman–Crippen MR) is 86.9 cm³/mol. The van der Waals surface area contributed by atoms with Crippen molar-refractivity contribution in [3.05, 3.63) is 59.2 Å². The van der Waals surface area contributed by atoms with Crippen molar-refractivity contribution >= 4 is 5.91 Å². The summed E-state index contributed by atoms with van der Waals surface area (Å²) in [7, 11) is 0. The first-order valence-electron chi connectivity index (χ1n) is 8.30. The summed E-state index contributed by atoms with van der Waals surface area (Å²) in [4.78, 5) is 14.6. The van der Waals surface area contributed by atoms with Gasteiger partial charge in [0, 0.05) is 12.6 Å². The summed E-state index contributed by atoms with van der Waals surface area (Å²) in [5, 5.41) is 0. The minimum atomic E-state index is -4.46. The van der Waals surface area contributed by atoms with E-state index in [1.807, 2.05) is 0 Å². The highest BCUT2D eigenvalue weighted by molar-refractivity contribution is 5.98. The van der Waals surface area contributed by atoms with Crippen LogP contribution in [0.2, 0.25) is 0 Å². The molecule has 1 heterocycles. The van der Waals surface area contributed by atoms with E-state index in [1.165, 1.54) is 17.0 Å². The van der Waals surface area contributed by atoms with Gasteiger partial charge in [0.2, 0.25) is 6.79 Å². The van der Waals surface area contributed by atoms with Gasteiger partial charge in [-0.3, -0.25) is 4.79 Å². The summed E-state index contributed by atoms with van der Waals surface area (Å²) < 4.78 is 50.5. The first-order valence-corrected chi connectivity index (χ1v) is 8.30. The molecule has 0 saturated heterocycles. The van der Waals surface area contributed by atoms with Crippen LogP contribution in [0.3, 0.4) is 0 Å². The molecule has 2 aliphatic rings. The normalized spacial score (nSPS) is 15.8. The number of hydrogen-bond acceptors (Lipinski definition) is 3. The fourth-order valence-corrected chi connectivity index (χ4v) is 3.12. The van der Waals surface area contributed by atoms with Gasteiger partial charge in [-0.2, -0.15) is 13.2 Å². The number of fused-ring (bicyclic) bond motifs is 1. The molecule has 0 radical (unpaired) electrons. The Kier molecular flexibility index (Phi) is 4.01. The minimum absolute atomic E-state index is 0.0277. The van der Waals surface area contributed by atoms with E-state index in [1.54, 1.807) is 24.3 Å². The van der Waals surface area contributed by atoms with Crippen LogP contribution in [0.15, 0.2) is 42.5 Å². The first-order chi connectivity index (χ1) is 12.4. The van der Waals surface area contributed by atoms with Crippen LogP contribution in [0.1, 0.15) is 34.3 Å². The molecule has 1 fully saturated rings. The lowest BCUT2D eigenvalue weighted by Crippen LogP contribution is -2.33. The van der Waals surface area contributed by atoms with Crippen molar-refractivity contribution in [2.24, 2.45) is 0 Å². The molecule has 0 aromatic heterocycles. The molecule has 136 valence electrons. The number of halogens is 3. The molecular formula is C19H16F3NO3. The number of hydrogen-bond donors (Lipinski definition) is 0. The van der Waals surface area contributed by atoms with Gasteiger partial charge in [0.15, 0.2) is 11.5 Å². The average molecular weight is 363 g/mol. The molecular weight excluding hydrogens is 347 g/mol. The molecule has 0 unspecified atom stereocenters. The van der Waals surface area contributed by atoms with E-state index in [4.69, 9.17) is 9.47 Å².